The van der Waals surface area contributed by atoms with Gasteiger partial charge in [-0.05, 0) is 37.9 Å². The van der Waals surface area contributed by atoms with Gasteiger partial charge in [-0.25, -0.2) is 4.98 Å². The fraction of sp³-hybridized carbons (Fsp3) is 0.588. The number of nitrogens with one attached hydrogen (secondary N) is 1. The summed E-state index contributed by atoms with van der Waals surface area (Å²) in [5.41, 5.74) is 1.86. The summed E-state index contributed by atoms with van der Waals surface area (Å²) in [6.07, 6.45) is 7.74. The molecule has 0 radical (unpaired) electrons. The lowest BCUT2D eigenvalue weighted by Crippen LogP contribution is -2.37. The Bertz CT molecular complexity index is 536. The predicted octanol–water partition coefficient (Wildman–Crippen LogP) is 4.62. The fourth-order valence-electron chi connectivity index (χ4n) is 3.01. The van der Waals surface area contributed by atoms with Crippen LogP contribution < -0.4 is 5.32 Å². The third-order valence-electron chi connectivity index (χ3n) is 4.14. The molecule has 1 saturated carbocycles. The van der Waals surface area contributed by atoms with Crippen LogP contribution in [0.4, 0.5) is 0 Å². The molecule has 1 N–H and O–H groups in total. The second-order valence-corrected chi connectivity index (χ2v) is 6.99. The largest absolute Gasteiger partial charge is 0.431 e. The third-order valence-corrected chi connectivity index (χ3v) is 5.38. The number of hydrogen-bond acceptors (Lipinski definition) is 4. The van der Waals surface area contributed by atoms with Gasteiger partial charge >= 0.3 is 0 Å². The number of aromatic nitrogens is 1. The van der Waals surface area contributed by atoms with E-state index in [1.54, 1.807) is 0 Å². The molecule has 3 nitrogen and oxygen atoms in total. The fourth-order valence-corrected chi connectivity index (χ4v) is 4.24. The average molecular weight is 304 g/mol. The van der Waals surface area contributed by atoms with Crippen LogP contribution in [0.2, 0.25) is 0 Å². The molecule has 0 spiro atoms. The predicted molar refractivity (Wildman–Crippen MR) is 88.8 cm³/mol. The van der Waals surface area contributed by atoms with Crippen LogP contribution in [0, 0.1) is 0 Å². The summed E-state index contributed by atoms with van der Waals surface area (Å²) in [7, 11) is 0. The molecular formula is C17H24N2OS. The van der Waals surface area contributed by atoms with Crippen molar-refractivity contribution in [3.8, 4) is 0 Å². The van der Waals surface area contributed by atoms with Crippen LogP contribution in [-0.4, -0.2) is 22.8 Å². The highest BCUT2D eigenvalue weighted by Gasteiger charge is 2.25. The van der Waals surface area contributed by atoms with Crippen LogP contribution >= 0.6 is 11.8 Å². The topological polar surface area (TPSA) is 38.1 Å². The molecular weight excluding hydrogens is 280 g/mol. The van der Waals surface area contributed by atoms with E-state index in [0.29, 0.717) is 11.3 Å². The van der Waals surface area contributed by atoms with Crippen molar-refractivity contribution in [3.63, 3.8) is 0 Å². The number of oxazole rings is 1. The molecule has 1 aromatic carbocycles. The summed E-state index contributed by atoms with van der Waals surface area (Å²) in [6.45, 7) is 3.34. The lowest BCUT2D eigenvalue weighted by Gasteiger charge is -2.24. The van der Waals surface area contributed by atoms with Gasteiger partial charge < -0.3 is 9.73 Å². The molecule has 0 saturated heterocycles. The van der Waals surface area contributed by atoms with E-state index in [1.807, 2.05) is 36.0 Å². The van der Waals surface area contributed by atoms with Gasteiger partial charge in [-0.15, -0.1) is 0 Å². The molecule has 114 valence electrons. The minimum atomic E-state index is 0.576. The Morgan fingerprint density at radius 2 is 2.10 bits per heavy atom. The van der Waals surface area contributed by atoms with E-state index < -0.39 is 0 Å². The smallest absolute Gasteiger partial charge is 0.257 e. The highest BCUT2D eigenvalue weighted by atomic mass is 32.2. The van der Waals surface area contributed by atoms with Gasteiger partial charge in [0.1, 0.15) is 5.52 Å². The van der Waals surface area contributed by atoms with Crippen molar-refractivity contribution in [2.45, 2.75) is 62.0 Å². The zero-order valence-electron chi connectivity index (χ0n) is 12.7. The lowest BCUT2D eigenvalue weighted by molar-refractivity contribution is 0.457. The van der Waals surface area contributed by atoms with Crippen LogP contribution in [0.5, 0.6) is 0 Å². The third kappa shape index (κ3) is 3.80. The number of benzene rings is 1. The van der Waals surface area contributed by atoms with Crippen LogP contribution in [0.1, 0.15) is 45.4 Å². The molecule has 0 aliphatic heterocycles. The first-order valence-electron chi connectivity index (χ1n) is 8.12. The first kappa shape index (κ1) is 14.9. The first-order valence-corrected chi connectivity index (χ1v) is 9.00. The maximum atomic E-state index is 5.89. The summed E-state index contributed by atoms with van der Waals surface area (Å²) in [5, 5.41) is 5.13. The van der Waals surface area contributed by atoms with Crippen molar-refractivity contribution in [1.82, 2.24) is 10.3 Å². The van der Waals surface area contributed by atoms with Gasteiger partial charge in [0.15, 0.2) is 5.58 Å². The van der Waals surface area contributed by atoms with E-state index in [2.05, 4.69) is 17.2 Å². The van der Waals surface area contributed by atoms with Gasteiger partial charge in [0.2, 0.25) is 0 Å². The maximum Gasteiger partial charge on any atom is 0.257 e. The van der Waals surface area contributed by atoms with Gasteiger partial charge in [-0.2, -0.15) is 0 Å². The number of fused-ring (bicyclic) bond motifs is 1. The molecule has 21 heavy (non-hydrogen) atoms. The zero-order chi connectivity index (χ0) is 14.5. The van der Waals surface area contributed by atoms with Gasteiger partial charge in [0.05, 0.1) is 0 Å². The van der Waals surface area contributed by atoms with E-state index in [4.69, 9.17) is 4.42 Å². The Balaban J connectivity index is 1.72. The molecule has 0 bridgehead atoms. The summed E-state index contributed by atoms with van der Waals surface area (Å²) in [4.78, 5) is 4.62. The summed E-state index contributed by atoms with van der Waals surface area (Å²) in [5.74, 6) is 0. The van der Waals surface area contributed by atoms with Gasteiger partial charge in [-0.1, -0.05) is 50.1 Å². The number of hydrogen-bond donors (Lipinski definition) is 1. The van der Waals surface area contributed by atoms with Crippen LogP contribution in [0.3, 0.4) is 0 Å². The summed E-state index contributed by atoms with van der Waals surface area (Å²) >= 11 is 1.82. The van der Waals surface area contributed by atoms with E-state index in [1.165, 1.54) is 38.5 Å². The van der Waals surface area contributed by atoms with Crippen molar-refractivity contribution in [1.29, 1.82) is 0 Å². The van der Waals surface area contributed by atoms with Crippen LogP contribution in [0.25, 0.3) is 11.1 Å². The van der Waals surface area contributed by atoms with Gasteiger partial charge in [0.25, 0.3) is 5.22 Å². The average Bonchev–Trinajstić information content (AvgIpc) is 2.78. The normalized spacial score (nSPS) is 23.3. The molecule has 1 aromatic heterocycles. The Kier molecular flexibility index (Phi) is 5.20. The van der Waals surface area contributed by atoms with Crippen molar-refractivity contribution in [2.24, 2.45) is 0 Å². The highest BCUT2D eigenvalue weighted by molar-refractivity contribution is 7.99. The second-order valence-electron chi connectivity index (χ2n) is 5.80. The molecule has 2 unspecified atom stereocenters. The van der Waals surface area contributed by atoms with E-state index in [9.17, 15) is 0 Å². The zero-order valence-corrected chi connectivity index (χ0v) is 13.5. The highest BCUT2D eigenvalue weighted by Crippen LogP contribution is 2.34. The van der Waals surface area contributed by atoms with E-state index in [-0.39, 0.29) is 0 Å². The van der Waals surface area contributed by atoms with Crippen molar-refractivity contribution >= 4 is 22.9 Å². The van der Waals surface area contributed by atoms with Gasteiger partial charge in [0, 0.05) is 11.3 Å². The molecule has 1 fully saturated rings. The number of rotatable bonds is 5. The monoisotopic (exact) mass is 304 g/mol. The Labute approximate surface area is 130 Å². The molecule has 2 aromatic rings. The quantitative estimate of drug-likeness (QED) is 0.818. The van der Waals surface area contributed by atoms with Crippen LogP contribution in [-0.2, 0) is 0 Å². The number of para-hydroxylation sites is 2. The SMILES string of the molecule is CCCNC1CCCCCC1Sc1nc2ccccc2o1. The van der Waals surface area contributed by atoms with Crippen molar-refractivity contribution in [3.05, 3.63) is 24.3 Å². The Morgan fingerprint density at radius 3 is 2.95 bits per heavy atom. The minimum absolute atomic E-state index is 0.576. The molecule has 2 atom stereocenters. The van der Waals surface area contributed by atoms with E-state index in [0.717, 1.165) is 22.9 Å². The molecule has 3 rings (SSSR count). The second kappa shape index (κ2) is 7.32. The Hall–Kier alpha value is -1.00. The maximum absolute atomic E-state index is 5.89. The molecule has 1 aliphatic carbocycles. The van der Waals surface area contributed by atoms with E-state index >= 15 is 0 Å². The number of thioether (sulfide) groups is 1. The summed E-state index contributed by atoms with van der Waals surface area (Å²) in [6, 6.07) is 8.61. The lowest BCUT2D eigenvalue weighted by atomic mass is 10.1. The van der Waals surface area contributed by atoms with Crippen molar-refractivity contribution < 1.29 is 4.42 Å². The molecule has 0 amide bonds. The minimum Gasteiger partial charge on any atom is -0.431 e. The summed E-state index contributed by atoms with van der Waals surface area (Å²) < 4.78 is 5.89. The van der Waals surface area contributed by atoms with Gasteiger partial charge in [-0.3, -0.25) is 0 Å². The molecule has 1 aliphatic rings. The Morgan fingerprint density at radius 1 is 1.24 bits per heavy atom. The number of nitrogens with zero attached hydrogens (tertiary/aromatic N) is 1. The first-order chi connectivity index (χ1) is 10.4. The standard InChI is InChI=1S/C17H24N2OS/c1-2-12-18-14-9-4-3-5-11-16(14)21-17-19-13-8-6-7-10-15(13)20-17/h6-8,10,14,16,18H,2-5,9,11-12H2,1H3. The van der Waals surface area contributed by atoms with Crippen LogP contribution in [0.15, 0.2) is 33.9 Å². The van der Waals surface area contributed by atoms with Crippen molar-refractivity contribution in [2.75, 3.05) is 6.54 Å². The molecule has 1 heterocycles. The molecule has 4 heteroatoms.